The number of pyridine rings is 1. The molecule has 0 aliphatic rings. The highest BCUT2D eigenvalue weighted by molar-refractivity contribution is 6.09. The van der Waals surface area contributed by atoms with Gasteiger partial charge in [0, 0.05) is 23.5 Å². The number of carbonyl (C=O) groups is 1. The Bertz CT molecular complexity index is 561. The van der Waals surface area contributed by atoms with E-state index >= 15 is 0 Å². The van der Waals surface area contributed by atoms with Crippen LogP contribution in [-0.4, -0.2) is 10.8 Å². The Labute approximate surface area is 108 Å². The molecule has 0 atom stereocenters. The average Bonchev–Trinajstić information content (AvgIpc) is 2.46. The molecule has 2 aromatic rings. The molecular formula is C16H17NO. The molecule has 0 bridgehead atoms. The van der Waals surface area contributed by atoms with Crippen LogP contribution >= 0.6 is 0 Å². The van der Waals surface area contributed by atoms with Crippen LogP contribution < -0.4 is 0 Å². The minimum Gasteiger partial charge on any atom is -0.289 e. The zero-order valence-electron chi connectivity index (χ0n) is 10.8. The second-order valence-corrected chi connectivity index (χ2v) is 4.27. The summed E-state index contributed by atoms with van der Waals surface area (Å²) in [6, 6.07) is 9.65. The van der Waals surface area contributed by atoms with E-state index in [1.54, 1.807) is 18.5 Å². The molecule has 2 heteroatoms. The van der Waals surface area contributed by atoms with Crippen molar-refractivity contribution in [3.05, 3.63) is 65.0 Å². The van der Waals surface area contributed by atoms with Crippen LogP contribution in [0.15, 0.2) is 42.7 Å². The molecule has 0 radical (unpaired) electrons. The molecule has 92 valence electrons. The molecule has 2 nitrogen and oxygen atoms in total. The minimum absolute atomic E-state index is 0.0875. The fourth-order valence-corrected chi connectivity index (χ4v) is 2.02. The van der Waals surface area contributed by atoms with Crippen molar-refractivity contribution in [1.82, 2.24) is 4.98 Å². The van der Waals surface area contributed by atoms with Crippen molar-refractivity contribution in [2.75, 3.05) is 0 Å². The van der Waals surface area contributed by atoms with Crippen LogP contribution in [0.5, 0.6) is 0 Å². The first-order chi connectivity index (χ1) is 8.76. The Morgan fingerprint density at radius 1 is 1.17 bits per heavy atom. The summed E-state index contributed by atoms with van der Waals surface area (Å²) in [5.41, 5.74) is 3.72. The maximum absolute atomic E-state index is 12.5. The van der Waals surface area contributed by atoms with Crippen LogP contribution in [0.2, 0.25) is 0 Å². The molecule has 0 aliphatic heterocycles. The van der Waals surface area contributed by atoms with E-state index in [-0.39, 0.29) is 5.78 Å². The van der Waals surface area contributed by atoms with E-state index in [1.165, 1.54) is 5.56 Å². The molecule has 1 aromatic heterocycles. The first-order valence-electron chi connectivity index (χ1n) is 6.32. The summed E-state index contributed by atoms with van der Waals surface area (Å²) in [6.07, 6.45) is 5.22. The van der Waals surface area contributed by atoms with Gasteiger partial charge in [0.25, 0.3) is 0 Å². The number of carbonyl (C=O) groups excluding carboxylic acids is 1. The quantitative estimate of drug-likeness (QED) is 0.765. The van der Waals surface area contributed by atoms with Crippen molar-refractivity contribution in [3.63, 3.8) is 0 Å². The lowest BCUT2D eigenvalue weighted by atomic mass is 9.97. The predicted molar refractivity (Wildman–Crippen MR) is 72.9 cm³/mol. The second kappa shape index (κ2) is 5.58. The fraction of sp³-hybridized carbons (Fsp3) is 0.250. The summed E-state index contributed by atoms with van der Waals surface area (Å²) in [6.45, 7) is 4.13. The molecule has 0 saturated carbocycles. The number of hydrogen-bond donors (Lipinski definition) is 0. The Kier molecular flexibility index (Phi) is 3.88. The van der Waals surface area contributed by atoms with Gasteiger partial charge in [-0.3, -0.25) is 9.78 Å². The summed E-state index contributed by atoms with van der Waals surface area (Å²) in [5, 5.41) is 0. The smallest absolute Gasteiger partial charge is 0.193 e. The maximum Gasteiger partial charge on any atom is 0.193 e. The van der Waals surface area contributed by atoms with Gasteiger partial charge in [-0.1, -0.05) is 32.0 Å². The molecule has 1 heterocycles. The maximum atomic E-state index is 12.5. The molecule has 0 spiro atoms. The van der Waals surface area contributed by atoms with Gasteiger partial charge >= 0.3 is 0 Å². The van der Waals surface area contributed by atoms with Crippen molar-refractivity contribution in [2.24, 2.45) is 0 Å². The zero-order valence-corrected chi connectivity index (χ0v) is 10.8. The second-order valence-electron chi connectivity index (χ2n) is 4.27. The summed E-state index contributed by atoms with van der Waals surface area (Å²) in [5.74, 6) is 0.0875. The Hall–Kier alpha value is -1.96. The molecule has 0 unspecified atom stereocenters. The first-order valence-corrected chi connectivity index (χ1v) is 6.32. The van der Waals surface area contributed by atoms with Crippen molar-refractivity contribution in [3.8, 4) is 0 Å². The van der Waals surface area contributed by atoms with Gasteiger partial charge in [0.1, 0.15) is 0 Å². The van der Waals surface area contributed by atoms with E-state index in [0.29, 0.717) is 0 Å². The predicted octanol–water partition coefficient (Wildman–Crippen LogP) is 3.44. The first kappa shape index (κ1) is 12.5. The van der Waals surface area contributed by atoms with Crippen molar-refractivity contribution < 1.29 is 4.79 Å². The van der Waals surface area contributed by atoms with Gasteiger partial charge in [-0.25, -0.2) is 0 Å². The van der Waals surface area contributed by atoms with Gasteiger partial charge in [-0.2, -0.15) is 0 Å². The molecule has 0 aliphatic carbocycles. The number of ketones is 1. The highest BCUT2D eigenvalue weighted by Gasteiger charge is 2.12. The van der Waals surface area contributed by atoms with Crippen molar-refractivity contribution >= 4 is 5.78 Å². The Balaban J connectivity index is 2.41. The number of hydrogen-bond acceptors (Lipinski definition) is 2. The number of benzene rings is 1. The number of nitrogens with zero attached hydrogens (tertiary/aromatic N) is 1. The summed E-state index contributed by atoms with van der Waals surface area (Å²) in [7, 11) is 0. The zero-order chi connectivity index (χ0) is 13.0. The van der Waals surface area contributed by atoms with Gasteiger partial charge < -0.3 is 0 Å². The van der Waals surface area contributed by atoms with Crippen LogP contribution in [0.25, 0.3) is 0 Å². The lowest BCUT2D eigenvalue weighted by Gasteiger charge is -2.07. The largest absolute Gasteiger partial charge is 0.289 e. The van der Waals surface area contributed by atoms with Crippen LogP contribution in [-0.2, 0) is 12.8 Å². The molecule has 2 rings (SSSR count). The van der Waals surface area contributed by atoms with E-state index in [4.69, 9.17) is 0 Å². The number of aryl methyl sites for hydroxylation is 2. The lowest BCUT2D eigenvalue weighted by molar-refractivity contribution is 0.103. The topological polar surface area (TPSA) is 30.0 Å². The minimum atomic E-state index is 0.0875. The van der Waals surface area contributed by atoms with E-state index in [0.717, 1.165) is 29.5 Å². The fourth-order valence-electron chi connectivity index (χ4n) is 2.02. The molecule has 0 amide bonds. The van der Waals surface area contributed by atoms with E-state index < -0.39 is 0 Å². The monoisotopic (exact) mass is 239 g/mol. The number of rotatable bonds is 4. The Morgan fingerprint density at radius 2 is 2.00 bits per heavy atom. The summed E-state index contributed by atoms with van der Waals surface area (Å²) in [4.78, 5) is 16.5. The molecular weight excluding hydrogens is 222 g/mol. The third-order valence-electron chi connectivity index (χ3n) is 3.13. The number of aromatic nitrogens is 1. The van der Waals surface area contributed by atoms with Crippen molar-refractivity contribution in [1.29, 1.82) is 0 Å². The van der Waals surface area contributed by atoms with Gasteiger partial charge in [0.15, 0.2) is 5.78 Å². The van der Waals surface area contributed by atoms with Gasteiger partial charge in [0.05, 0.1) is 0 Å². The summed E-state index contributed by atoms with van der Waals surface area (Å²) < 4.78 is 0. The molecule has 0 fully saturated rings. The van der Waals surface area contributed by atoms with E-state index in [9.17, 15) is 4.79 Å². The normalized spacial score (nSPS) is 10.3. The van der Waals surface area contributed by atoms with E-state index in [1.807, 2.05) is 31.2 Å². The van der Waals surface area contributed by atoms with Crippen LogP contribution in [0, 0.1) is 0 Å². The molecule has 1 aromatic carbocycles. The third-order valence-corrected chi connectivity index (χ3v) is 3.13. The molecule has 18 heavy (non-hydrogen) atoms. The summed E-state index contributed by atoms with van der Waals surface area (Å²) >= 11 is 0. The lowest BCUT2D eigenvalue weighted by Crippen LogP contribution is -2.06. The molecule has 0 saturated heterocycles. The van der Waals surface area contributed by atoms with E-state index in [2.05, 4.69) is 11.9 Å². The van der Waals surface area contributed by atoms with Gasteiger partial charge in [-0.15, -0.1) is 0 Å². The van der Waals surface area contributed by atoms with Crippen LogP contribution in [0.4, 0.5) is 0 Å². The van der Waals surface area contributed by atoms with Gasteiger partial charge in [-0.05, 0) is 36.1 Å². The molecule has 0 N–H and O–H groups in total. The SMILES string of the molecule is CCc1cccc(C(=O)c2ccncc2CC)c1. The van der Waals surface area contributed by atoms with Crippen molar-refractivity contribution in [2.45, 2.75) is 26.7 Å². The standard InChI is InChI=1S/C16H17NO/c1-3-12-6-5-7-14(10-12)16(18)15-8-9-17-11-13(15)4-2/h5-11H,3-4H2,1-2H3. The highest BCUT2D eigenvalue weighted by atomic mass is 16.1. The Morgan fingerprint density at radius 3 is 2.72 bits per heavy atom. The third kappa shape index (κ3) is 2.48. The average molecular weight is 239 g/mol. The van der Waals surface area contributed by atoms with Gasteiger partial charge in [0.2, 0.25) is 0 Å². The van der Waals surface area contributed by atoms with Crippen LogP contribution in [0.1, 0.15) is 40.9 Å². The van der Waals surface area contributed by atoms with Crippen LogP contribution in [0.3, 0.4) is 0 Å². The highest BCUT2D eigenvalue weighted by Crippen LogP contribution is 2.15.